The second kappa shape index (κ2) is 8.51. The Hall–Kier alpha value is -1.75. The van der Waals surface area contributed by atoms with Gasteiger partial charge in [0.25, 0.3) is 0 Å². The third-order valence-electron chi connectivity index (χ3n) is 5.84. The molecular formula is C23H31FN2O. The average Bonchev–Trinajstić information content (AvgIpc) is 3.50. The predicted octanol–water partition coefficient (Wildman–Crippen LogP) is 4.36. The van der Waals surface area contributed by atoms with Crippen LogP contribution in [0.4, 0.5) is 4.39 Å². The molecular weight excluding hydrogens is 339 g/mol. The second-order valence-corrected chi connectivity index (χ2v) is 7.97. The van der Waals surface area contributed by atoms with Crippen molar-refractivity contribution in [3.63, 3.8) is 0 Å². The maximum absolute atomic E-state index is 15.1. The molecule has 27 heavy (non-hydrogen) atoms. The summed E-state index contributed by atoms with van der Waals surface area (Å²) < 4.78 is 20.9. The lowest BCUT2D eigenvalue weighted by Gasteiger charge is -2.36. The van der Waals surface area contributed by atoms with Crippen molar-refractivity contribution in [3.05, 3.63) is 71.8 Å². The Bertz CT molecular complexity index is 707. The summed E-state index contributed by atoms with van der Waals surface area (Å²) in [6.07, 6.45) is 2.29. The van der Waals surface area contributed by atoms with Gasteiger partial charge in [0.05, 0.1) is 13.3 Å². The summed E-state index contributed by atoms with van der Waals surface area (Å²) in [6, 6.07) is 21.2. The minimum atomic E-state index is -1.08. The molecule has 2 aromatic carbocycles. The van der Waals surface area contributed by atoms with E-state index in [4.69, 9.17) is 4.74 Å². The molecule has 2 aliphatic rings. The van der Waals surface area contributed by atoms with Crippen molar-refractivity contribution in [2.45, 2.75) is 43.5 Å². The van der Waals surface area contributed by atoms with E-state index in [1.807, 2.05) is 24.3 Å². The summed E-state index contributed by atoms with van der Waals surface area (Å²) in [4.78, 5) is 2.21. The van der Waals surface area contributed by atoms with Gasteiger partial charge in [-0.05, 0) is 30.4 Å². The quantitative estimate of drug-likeness (QED) is 0.747. The molecule has 2 fully saturated rings. The molecule has 1 aliphatic heterocycles. The Kier molecular flexibility index (Phi) is 5.86. The molecule has 0 aromatic heterocycles. The van der Waals surface area contributed by atoms with Gasteiger partial charge >= 0.3 is 0 Å². The van der Waals surface area contributed by atoms with Crippen molar-refractivity contribution in [1.82, 2.24) is 10.2 Å². The maximum Gasteiger partial charge on any atom is 0.125 e. The SMILES string of the molecule is FC1(CNC2CC2c2ccccc2)CCN(COCc2ccccc2)CC1.[HH]. The van der Waals surface area contributed by atoms with Crippen LogP contribution in [0.2, 0.25) is 0 Å². The zero-order valence-electron chi connectivity index (χ0n) is 15.8. The first-order chi connectivity index (χ1) is 13.2. The highest BCUT2D eigenvalue weighted by Gasteiger charge is 2.41. The highest BCUT2D eigenvalue weighted by Crippen LogP contribution is 2.41. The summed E-state index contributed by atoms with van der Waals surface area (Å²) >= 11 is 0. The normalized spacial score (nSPS) is 24.6. The summed E-state index contributed by atoms with van der Waals surface area (Å²) in [5.74, 6) is 0.557. The lowest BCUT2D eigenvalue weighted by Crippen LogP contribution is -2.48. The third kappa shape index (κ3) is 5.16. The molecule has 0 radical (unpaired) electrons. The van der Waals surface area contributed by atoms with Crippen LogP contribution in [0.1, 0.15) is 37.7 Å². The summed E-state index contributed by atoms with van der Waals surface area (Å²) in [6.45, 7) is 3.19. The van der Waals surface area contributed by atoms with Crippen molar-refractivity contribution in [2.75, 3.05) is 26.4 Å². The third-order valence-corrected chi connectivity index (χ3v) is 5.84. The van der Waals surface area contributed by atoms with Crippen LogP contribution >= 0.6 is 0 Å². The topological polar surface area (TPSA) is 24.5 Å². The van der Waals surface area contributed by atoms with Gasteiger partial charge in [-0.25, -0.2) is 4.39 Å². The van der Waals surface area contributed by atoms with Crippen LogP contribution in [0, 0.1) is 0 Å². The highest BCUT2D eigenvalue weighted by atomic mass is 19.1. The van der Waals surface area contributed by atoms with E-state index in [0.29, 0.717) is 44.7 Å². The van der Waals surface area contributed by atoms with Crippen molar-refractivity contribution < 1.29 is 10.6 Å². The first-order valence-corrected chi connectivity index (χ1v) is 10.0. The largest absolute Gasteiger partial charge is 0.361 e. The number of piperidine rings is 1. The number of likely N-dealkylation sites (tertiary alicyclic amines) is 1. The Balaban J connectivity index is 0.00000225. The van der Waals surface area contributed by atoms with Gasteiger partial charge in [-0.1, -0.05) is 60.7 Å². The predicted molar refractivity (Wildman–Crippen MR) is 108 cm³/mol. The van der Waals surface area contributed by atoms with Crippen LogP contribution in [0.15, 0.2) is 60.7 Å². The van der Waals surface area contributed by atoms with Crippen LogP contribution in [-0.4, -0.2) is 43.0 Å². The number of ether oxygens (including phenoxy) is 1. The monoisotopic (exact) mass is 370 g/mol. The van der Waals surface area contributed by atoms with Gasteiger partial charge in [-0.2, -0.15) is 0 Å². The van der Waals surface area contributed by atoms with Crippen LogP contribution in [-0.2, 0) is 11.3 Å². The van der Waals surface area contributed by atoms with Crippen molar-refractivity contribution in [3.8, 4) is 0 Å². The van der Waals surface area contributed by atoms with Gasteiger partial charge in [-0.3, -0.25) is 4.90 Å². The highest BCUT2D eigenvalue weighted by molar-refractivity contribution is 5.27. The van der Waals surface area contributed by atoms with E-state index in [1.54, 1.807) is 0 Å². The molecule has 2 aromatic rings. The van der Waals surface area contributed by atoms with Crippen LogP contribution in [0.3, 0.4) is 0 Å². The maximum atomic E-state index is 15.1. The van der Waals surface area contributed by atoms with E-state index < -0.39 is 5.67 Å². The summed E-state index contributed by atoms with van der Waals surface area (Å²) in [5, 5.41) is 3.47. The summed E-state index contributed by atoms with van der Waals surface area (Å²) in [5.41, 5.74) is 1.46. The second-order valence-electron chi connectivity index (χ2n) is 7.97. The number of benzene rings is 2. The molecule has 0 amide bonds. The average molecular weight is 371 g/mol. The molecule has 1 saturated heterocycles. The van der Waals surface area contributed by atoms with Crippen molar-refractivity contribution in [2.24, 2.45) is 0 Å². The molecule has 0 spiro atoms. The first kappa shape index (κ1) is 18.6. The van der Waals surface area contributed by atoms with Crippen molar-refractivity contribution >= 4 is 0 Å². The molecule has 1 aliphatic carbocycles. The lowest BCUT2D eigenvalue weighted by atomic mass is 9.93. The van der Waals surface area contributed by atoms with Gasteiger partial charge in [0.2, 0.25) is 0 Å². The lowest BCUT2D eigenvalue weighted by molar-refractivity contribution is -0.0236. The Morgan fingerprint density at radius 3 is 2.41 bits per heavy atom. The van der Waals surface area contributed by atoms with Gasteiger partial charge in [-0.15, -0.1) is 0 Å². The summed E-state index contributed by atoms with van der Waals surface area (Å²) in [7, 11) is 0. The van der Waals surface area contributed by atoms with Crippen LogP contribution < -0.4 is 5.32 Å². The Labute approximate surface area is 163 Å². The minimum absolute atomic E-state index is 0. The molecule has 1 saturated carbocycles. The number of nitrogens with one attached hydrogen (secondary N) is 1. The standard InChI is InChI=1S/C23H29FN2O.H2/c24-23(17-25-22-15-21(22)20-9-5-2-6-10-20)11-13-26(14-12-23)18-27-16-19-7-3-1-4-8-19;/h1-10,21-22,25H,11-18H2;1H. The van der Waals surface area contributed by atoms with E-state index in [9.17, 15) is 0 Å². The smallest absolute Gasteiger partial charge is 0.125 e. The van der Waals surface area contributed by atoms with Gasteiger partial charge in [0.15, 0.2) is 0 Å². The minimum Gasteiger partial charge on any atom is -0.361 e. The molecule has 4 heteroatoms. The molecule has 1 N–H and O–H groups in total. The first-order valence-electron chi connectivity index (χ1n) is 10.0. The van der Waals surface area contributed by atoms with E-state index >= 15 is 4.39 Å². The van der Waals surface area contributed by atoms with Gasteiger partial charge in [0.1, 0.15) is 5.67 Å². The zero-order chi connectivity index (χ0) is 18.5. The fraction of sp³-hybridized carbons (Fsp3) is 0.478. The molecule has 1 heterocycles. The van der Waals surface area contributed by atoms with Crippen LogP contribution in [0.25, 0.3) is 0 Å². The molecule has 0 bridgehead atoms. The number of hydrogen-bond acceptors (Lipinski definition) is 3. The van der Waals surface area contributed by atoms with E-state index in [1.165, 1.54) is 11.1 Å². The Morgan fingerprint density at radius 1 is 1.04 bits per heavy atom. The molecule has 2 atom stereocenters. The van der Waals surface area contributed by atoms with Crippen molar-refractivity contribution in [1.29, 1.82) is 0 Å². The fourth-order valence-corrected chi connectivity index (χ4v) is 3.93. The Morgan fingerprint density at radius 2 is 1.70 bits per heavy atom. The number of nitrogens with zero attached hydrogens (tertiary/aromatic N) is 1. The number of halogens is 1. The van der Waals surface area contributed by atoms with Crippen LogP contribution in [0.5, 0.6) is 0 Å². The van der Waals surface area contributed by atoms with Gasteiger partial charge in [0, 0.05) is 33.0 Å². The van der Waals surface area contributed by atoms with E-state index in [2.05, 4.69) is 46.6 Å². The molecule has 4 rings (SSSR count). The zero-order valence-corrected chi connectivity index (χ0v) is 15.8. The molecule has 2 unspecified atom stereocenters. The van der Waals surface area contributed by atoms with E-state index in [-0.39, 0.29) is 1.43 Å². The number of hydrogen-bond donors (Lipinski definition) is 1. The van der Waals surface area contributed by atoms with E-state index in [0.717, 1.165) is 19.5 Å². The number of rotatable bonds is 8. The fourth-order valence-electron chi connectivity index (χ4n) is 3.93. The molecule has 146 valence electrons. The number of alkyl halides is 1. The molecule has 3 nitrogen and oxygen atoms in total. The van der Waals surface area contributed by atoms with Gasteiger partial charge < -0.3 is 10.1 Å².